The Balaban J connectivity index is 2.05. The van der Waals surface area contributed by atoms with Crippen LogP contribution in [0, 0.1) is 0 Å². The van der Waals surface area contributed by atoms with Crippen LogP contribution in [0.5, 0.6) is 5.75 Å². The number of nitrogens with two attached hydrogens (primary N) is 1. The number of ether oxygens (including phenoxy) is 1. The first kappa shape index (κ1) is 13.6. The van der Waals surface area contributed by atoms with Crippen LogP contribution in [0.1, 0.15) is 11.3 Å². The lowest BCUT2D eigenvalue weighted by molar-refractivity contribution is 0.280. The summed E-state index contributed by atoms with van der Waals surface area (Å²) in [6.45, 7) is 0.255. The highest BCUT2D eigenvalue weighted by molar-refractivity contribution is 6.31. The fraction of sp³-hybridized carbons (Fsp3) is 0.154. The van der Waals surface area contributed by atoms with Crippen LogP contribution in [0.2, 0.25) is 5.02 Å². The molecule has 0 fully saturated rings. The van der Waals surface area contributed by atoms with Gasteiger partial charge >= 0.3 is 0 Å². The SMILES string of the molecule is NNc1ccc(Cl)c(COc2ccc(CO)cc2)n1. The number of nitrogen functional groups attached to an aromatic ring is 1. The van der Waals surface area contributed by atoms with Gasteiger partial charge in [-0.3, -0.25) is 0 Å². The second-order valence-electron chi connectivity index (χ2n) is 3.86. The first-order valence-corrected chi connectivity index (χ1v) is 6.05. The lowest BCUT2D eigenvalue weighted by atomic mass is 10.2. The van der Waals surface area contributed by atoms with Crippen LogP contribution in [0.4, 0.5) is 5.82 Å². The largest absolute Gasteiger partial charge is 0.487 e. The Morgan fingerprint density at radius 1 is 1.21 bits per heavy atom. The van der Waals surface area contributed by atoms with Gasteiger partial charge in [-0.1, -0.05) is 23.7 Å². The Morgan fingerprint density at radius 3 is 2.58 bits per heavy atom. The zero-order valence-electron chi connectivity index (χ0n) is 10.1. The van der Waals surface area contributed by atoms with Crippen LogP contribution in [0.25, 0.3) is 0 Å². The van der Waals surface area contributed by atoms with Gasteiger partial charge in [0, 0.05) is 0 Å². The van der Waals surface area contributed by atoms with Gasteiger partial charge in [-0.05, 0) is 29.8 Å². The van der Waals surface area contributed by atoms with Crippen molar-refractivity contribution in [3.8, 4) is 5.75 Å². The Labute approximate surface area is 116 Å². The van der Waals surface area contributed by atoms with Crippen molar-refractivity contribution in [1.82, 2.24) is 4.98 Å². The zero-order chi connectivity index (χ0) is 13.7. The normalized spacial score (nSPS) is 10.3. The van der Waals surface area contributed by atoms with E-state index in [-0.39, 0.29) is 13.2 Å². The minimum Gasteiger partial charge on any atom is -0.487 e. The smallest absolute Gasteiger partial charge is 0.140 e. The van der Waals surface area contributed by atoms with Crippen molar-refractivity contribution in [2.24, 2.45) is 5.84 Å². The molecule has 0 unspecified atom stereocenters. The third-order valence-corrected chi connectivity index (χ3v) is 2.89. The van der Waals surface area contributed by atoms with Crippen molar-refractivity contribution in [1.29, 1.82) is 0 Å². The van der Waals surface area contributed by atoms with E-state index in [0.29, 0.717) is 22.3 Å². The zero-order valence-corrected chi connectivity index (χ0v) is 10.9. The average Bonchev–Trinajstić information content (AvgIpc) is 2.47. The van der Waals surface area contributed by atoms with Crippen LogP contribution in [0.3, 0.4) is 0 Å². The number of nitrogens with zero attached hydrogens (tertiary/aromatic N) is 1. The van der Waals surface area contributed by atoms with Crippen LogP contribution in [-0.2, 0) is 13.2 Å². The molecule has 0 amide bonds. The molecule has 1 aromatic heterocycles. The lowest BCUT2D eigenvalue weighted by Crippen LogP contribution is -2.10. The summed E-state index contributed by atoms with van der Waals surface area (Å²) >= 11 is 6.02. The van der Waals surface area contributed by atoms with Gasteiger partial charge in [-0.2, -0.15) is 0 Å². The molecule has 1 heterocycles. The van der Waals surface area contributed by atoms with E-state index in [1.54, 1.807) is 36.4 Å². The topological polar surface area (TPSA) is 80.4 Å². The van der Waals surface area contributed by atoms with Crippen molar-refractivity contribution < 1.29 is 9.84 Å². The number of aliphatic hydroxyl groups is 1. The van der Waals surface area contributed by atoms with Gasteiger partial charge in [-0.15, -0.1) is 0 Å². The Bertz CT molecular complexity index is 546. The maximum Gasteiger partial charge on any atom is 0.140 e. The molecule has 4 N–H and O–H groups in total. The summed E-state index contributed by atoms with van der Waals surface area (Å²) in [5, 5.41) is 9.46. The summed E-state index contributed by atoms with van der Waals surface area (Å²) < 4.78 is 5.57. The predicted molar refractivity (Wildman–Crippen MR) is 73.8 cm³/mol. The molecule has 1 aromatic carbocycles. The summed E-state index contributed by atoms with van der Waals surface area (Å²) in [6.07, 6.45) is 0. The number of pyridine rings is 1. The standard InChI is InChI=1S/C13H14ClN3O2/c14-11-5-6-13(17-15)16-12(11)8-19-10-3-1-9(7-18)2-4-10/h1-6,18H,7-8,15H2,(H,16,17). The minimum absolute atomic E-state index is 0.0118. The molecular weight excluding hydrogens is 266 g/mol. The van der Waals surface area contributed by atoms with E-state index in [0.717, 1.165) is 5.56 Å². The van der Waals surface area contributed by atoms with Crippen LogP contribution >= 0.6 is 11.6 Å². The summed E-state index contributed by atoms with van der Waals surface area (Å²) in [5.41, 5.74) is 3.89. The molecular formula is C13H14ClN3O2. The maximum atomic E-state index is 8.94. The Morgan fingerprint density at radius 2 is 1.95 bits per heavy atom. The molecule has 5 nitrogen and oxygen atoms in total. The first-order chi connectivity index (χ1) is 9.22. The van der Waals surface area contributed by atoms with Crippen LogP contribution in [-0.4, -0.2) is 10.1 Å². The van der Waals surface area contributed by atoms with Crippen LogP contribution < -0.4 is 16.0 Å². The molecule has 6 heteroatoms. The summed E-state index contributed by atoms with van der Waals surface area (Å²) in [7, 11) is 0. The van der Waals surface area contributed by atoms with E-state index in [1.807, 2.05) is 0 Å². The fourth-order valence-corrected chi connectivity index (χ4v) is 1.67. The van der Waals surface area contributed by atoms with Gasteiger partial charge in [0.15, 0.2) is 0 Å². The minimum atomic E-state index is 0.0118. The maximum absolute atomic E-state index is 8.94. The van der Waals surface area contributed by atoms with Gasteiger partial charge in [0.2, 0.25) is 0 Å². The number of anilines is 1. The predicted octanol–water partition coefficient (Wildman–Crippen LogP) is 2.09. The van der Waals surface area contributed by atoms with Gasteiger partial charge in [-0.25, -0.2) is 10.8 Å². The number of hydrogen-bond donors (Lipinski definition) is 3. The van der Waals surface area contributed by atoms with Gasteiger partial charge in [0.1, 0.15) is 18.2 Å². The lowest BCUT2D eigenvalue weighted by Gasteiger charge is -2.09. The van der Waals surface area contributed by atoms with E-state index < -0.39 is 0 Å². The average molecular weight is 280 g/mol. The molecule has 2 aromatic rings. The molecule has 0 aliphatic heterocycles. The Kier molecular flexibility index (Phi) is 4.57. The number of nitrogens with one attached hydrogen (secondary N) is 1. The van der Waals surface area contributed by atoms with Gasteiger partial charge < -0.3 is 15.3 Å². The molecule has 0 saturated carbocycles. The molecule has 0 saturated heterocycles. The highest BCUT2D eigenvalue weighted by Crippen LogP contribution is 2.19. The fourth-order valence-electron chi connectivity index (χ4n) is 1.51. The van der Waals surface area contributed by atoms with Crippen molar-refractivity contribution in [2.75, 3.05) is 5.43 Å². The quantitative estimate of drug-likeness (QED) is 0.577. The number of hydrazine groups is 1. The van der Waals surface area contributed by atoms with E-state index in [9.17, 15) is 0 Å². The second-order valence-corrected chi connectivity index (χ2v) is 4.27. The first-order valence-electron chi connectivity index (χ1n) is 5.67. The number of hydrogen-bond acceptors (Lipinski definition) is 5. The molecule has 0 atom stereocenters. The Hall–Kier alpha value is -1.82. The molecule has 2 rings (SSSR count). The highest BCUT2D eigenvalue weighted by atomic mass is 35.5. The van der Waals surface area contributed by atoms with E-state index in [4.69, 9.17) is 27.3 Å². The summed E-state index contributed by atoms with van der Waals surface area (Å²) in [6, 6.07) is 10.5. The van der Waals surface area contributed by atoms with Crippen molar-refractivity contribution in [3.63, 3.8) is 0 Å². The van der Waals surface area contributed by atoms with Crippen LogP contribution in [0.15, 0.2) is 36.4 Å². The van der Waals surface area contributed by atoms with Crippen molar-refractivity contribution in [2.45, 2.75) is 13.2 Å². The third-order valence-electron chi connectivity index (χ3n) is 2.55. The van der Waals surface area contributed by atoms with Gasteiger partial charge in [0.25, 0.3) is 0 Å². The molecule has 19 heavy (non-hydrogen) atoms. The summed E-state index contributed by atoms with van der Waals surface area (Å²) in [4.78, 5) is 4.21. The number of benzene rings is 1. The molecule has 100 valence electrons. The highest BCUT2D eigenvalue weighted by Gasteiger charge is 2.05. The molecule has 0 radical (unpaired) electrons. The number of rotatable bonds is 5. The number of aromatic nitrogens is 1. The van der Waals surface area contributed by atoms with E-state index in [2.05, 4.69) is 10.4 Å². The molecule has 0 aliphatic carbocycles. The second kappa shape index (κ2) is 6.38. The van der Waals surface area contributed by atoms with Gasteiger partial charge in [0.05, 0.1) is 17.3 Å². The third kappa shape index (κ3) is 3.57. The molecule has 0 spiro atoms. The number of halogens is 1. The van der Waals surface area contributed by atoms with E-state index >= 15 is 0 Å². The van der Waals surface area contributed by atoms with Crippen molar-refractivity contribution in [3.05, 3.63) is 52.7 Å². The number of aliphatic hydroxyl groups excluding tert-OH is 1. The molecule has 0 aliphatic rings. The monoisotopic (exact) mass is 279 g/mol. The summed E-state index contributed by atoms with van der Waals surface area (Å²) in [5.74, 6) is 6.50. The van der Waals surface area contributed by atoms with Crippen molar-refractivity contribution >= 4 is 17.4 Å². The molecule has 0 bridgehead atoms. The van der Waals surface area contributed by atoms with E-state index in [1.165, 1.54) is 0 Å².